The van der Waals surface area contributed by atoms with Gasteiger partial charge in [-0.2, -0.15) is 0 Å². The minimum absolute atomic E-state index is 0.197. The van der Waals surface area contributed by atoms with Gasteiger partial charge in [0, 0.05) is 5.69 Å². The lowest BCUT2D eigenvalue weighted by atomic mass is 9.94. The number of halogens is 1. The van der Waals surface area contributed by atoms with Crippen LogP contribution in [-0.2, 0) is 0 Å². The van der Waals surface area contributed by atoms with Gasteiger partial charge in [-0.3, -0.25) is 0 Å². The Labute approximate surface area is 85.1 Å². The molecule has 0 heterocycles. The van der Waals surface area contributed by atoms with Crippen LogP contribution in [0.4, 0.5) is 10.1 Å². The van der Waals surface area contributed by atoms with Crippen molar-refractivity contribution in [2.24, 2.45) is 0 Å². The molecule has 0 saturated carbocycles. The van der Waals surface area contributed by atoms with Gasteiger partial charge in [-0.1, -0.05) is 26.7 Å². The fourth-order valence-electron chi connectivity index (χ4n) is 1.64. The van der Waals surface area contributed by atoms with Crippen molar-refractivity contribution in [2.75, 3.05) is 5.73 Å². The molecule has 1 nitrogen and oxygen atoms in total. The van der Waals surface area contributed by atoms with E-state index in [-0.39, 0.29) is 5.82 Å². The molecule has 1 atom stereocenters. The Morgan fingerprint density at radius 2 is 2.14 bits per heavy atom. The van der Waals surface area contributed by atoms with Crippen LogP contribution in [0.3, 0.4) is 0 Å². The van der Waals surface area contributed by atoms with Gasteiger partial charge < -0.3 is 5.73 Å². The Kier molecular flexibility index (Phi) is 3.93. The van der Waals surface area contributed by atoms with Gasteiger partial charge in [0.25, 0.3) is 0 Å². The Balaban J connectivity index is 2.77. The first-order valence-electron chi connectivity index (χ1n) is 5.20. The maximum absolute atomic E-state index is 13.0. The van der Waals surface area contributed by atoms with E-state index in [2.05, 4.69) is 13.8 Å². The number of unbranched alkanes of at least 4 members (excludes halogenated alkanes) is 1. The third-order valence-corrected chi connectivity index (χ3v) is 2.57. The summed E-state index contributed by atoms with van der Waals surface area (Å²) < 4.78 is 13.0. The zero-order chi connectivity index (χ0) is 10.6. The molecular formula is C12H18FN. The molecule has 0 spiro atoms. The van der Waals surface area contributed by atoms with Gasteiger partial charge in [0.1, 0.15) is 5.82 Å². The zero-order valence-corrected chi connectivity index (χ0v) is 8.89. The van der Waals surface area contributed by atoms with Gasteiger partial charge in [0.05, 0.1) is 0 Å². The van der Waals surface area contributed by atoms with E-state index in [1.165, 1.54) is 12.5 Å². The summed E-state index contributed by atoms with van der Waals surface area (Å²) >= 11 is 0. The molecule has 1 unspecified atom stereocenters. The molecule has 0 saturated heterocycles. The number of benzene rings is 1. The van der Waals surface area contributed by atoms with Crippen molar-refractivity contribution in [3.8, 4) is 0 Å². The van der Waals surface area contributed by atoms with Crippen LogP contribution in [0.15, 0.2) is 18.2 Å². The highest BCUT2D eigenvalue weighted by Crippen LogP contribution is 2.26. The van der Waals surface area contributed by atoms with E-state index in [1.54, 1.807) is 12.1 Å². The van der Waals surface area contributed by atoms with Crippen molar-refractivity contribution in [1.82, 2.24) is 0 Å². The van der Waals surface area contributed by atoms with E-state index in [4.69, 9.17) is 5.73 Å². The lowest BCUT2D eigenvalue weighted by molar-refractivity contribution is 0.603. The first-order chi connectivity index (χ1) is 6.65. The van der Waals surface area contributed by atoms with E-state index in [0.29, 0.717) is 11.6 Å². The number of hydrogen-bond acceptors (Lipinski definition) is 1. The molecule has 0 aliphatic heterocycles. The van der Waals surface area contributed by atoms with Crippen LogP contribution in [0.2, 0.25) is 0 Å². The largest absolute Gasteiger partial charge is 0.398 e. The van der Waals surface area contributed by atoms with E-state index in [9.17, 15) is 4.39 Å². The minimum atomic E-state index is -0.197. The summed E-state index contributed by atoms with van der Waals surface area (Å²) in [5, 5.41) is 0. The summed E-state index contributed by atoms with van der Waals surface area (Å²) in [6, 6.07) is 4.61. The predicted octanol–water partition coefficient (Wildman–Crippen LogP) is 3.70. The second kappa shape index (κ2) is 4.99. The standard InChI is InChI=1S/C12H18FN/c1-3-4-5-9(2)11-8-10(13)6-7-12(11)14/h6-9H,3-5,14H2,1-2H3. The Hall–Kier alpha value is -1.05. The van der Waals surface area contributed by atoms with Crippen molar-refractivity contribution in [3.63, 3.8) is 0 Å². The highest BCUT2D eigenvalue weighted by molar-refractivity contribution is 5.48. The fraction of sp³-hybridized carbons (Fsp3) is 0.500. The SMILES string of the molecule is CCCCC(C)c1cc(F)ccc1N. The molecule has 0 aromatic heterocycles. The first kappa shape index (κ1) is 11.0. The number of nitrogens with two attached hydrogens (primary N) is 1. The maximum atomic E-state index is 13.0. The minimum Gasteiger partial charge on any atom is -0.398 e. The van der Waals surface area contributed by atoms with Gasteiger partial charge >= 0.3 is 0 Å². The maximum Gasteiger partial charge on any atom is 0.123 e. The predicted molar refractivity (Wildman–Crippen MR) is 58.8 cm³/mol. The fourth-order valence-corrected chi connectivity index (χ4v) is 1.64. The second-order valence-corrected chi connectivity index (χ2v) is 3.82. The van der Waals surface area contributed by atoms with Crippen molar-refractivity contribution < 1.29 is 4.39 Å². The summed E-state index contributed by atoms with van der Waals surface area (Å²) in [7, 11) is 0. The molecule has 0 radical (unpaired) electrons. The van der Waals surface area contributed by atoms with Crippen molar-refractivity contribution in [1.29, 1.82) is 0 Å². The Bertz CT molecular complexity index is 296. The quantitative estimate of drug-likeness (QED) is 0.728. The summed E-state index contributed by atoms with van der Waals surface area (Å²) in [6.45, 7) is 4.25. The summed E-state index contributed by atoms with van der Waals surface area (Å²) in [5.41, 5.74) is 7.44. The molecule has 1 aromatic carbocycles. The highest BCUT2D eigenvalue weighted by atomic mass is 19.1. The van der Waals surface area contributed by atoms with Crippen LogP contribution >= 0.6 is 0 Å². The van der Waals surface area contributed by atoms with Crippen molar-refractivity contribution in [2.45, 2.75) is 39.0 Å². The monoisotopic (exact) mass is 195 g/mol. The molecule has 1 rings (SSSR count). The van der Waals surface area contributed by atoms with Gasteiger partial charge in [-0.15, -0.1) is 0 Å². The molecule has 1 aromatic rings. The van der Waals surface area contributed by atoms with E-state index < -0.39 is 0 Å². The van der Waals surface area contributed by atoms with Crippen molar-refractivity contribution >= 4 is 5.69 Å². The average Bonchev–Trinajstić information content (AvgIpc) is 2.18. The molecule has 0 fully saturated rings. The molecule has 14 heavy (non-hydrogen) atoms. The average molecular weight is 195 g/mol. The summed E-state index contributed by atoms with van der Waals surface area (Å²) in [6.07, 6.45) is 3.40. The molecular weight excluding hydrogens is 177 g/mol. The topological polar surface area (TPSA) is 26.0 Å². The van der Waals surface area contributed by atoms with Gasteiger partial charge in [-0.25, -0.2) is 4.39 Å². The van der Waals surface area contributed by atoms with Crippen molar-refractivity contribution in [3.05, 3.63) is 29.6 Å². The van der Waals surface area contributed by atoms with Crippen LogP contribution in [0.1, 0.15) is 44.6 Å². The summed E-state index contributed by atoms with van der Waals surface area (Å²) in [4.78, 5) is 0. The van der Waals surface area contributed by atoms with E-state index in [1.807, 2.05) is 0 Å². The van der Waals surface area contributed by atoms with Gasteiger partial charge in [0.2, 0.25) is 0 Å². The normalized spacial score (nSPS) is 12.8. The molecule has 78 valence electrons. The van der Waals surface area contributed by atoms with E-state index in [0.717, 1.165) is 18.4 Å². The molecule has 2 N–H and O–H groups in total. The molecule has 0 amide bonds. The third-order valence-electron chi connectivity index (χ3n) is 2.57. The first-order valence-corrected chi connectivity index (χ1v) is 5.20. The van der Waals surface area contributed by atoms with Crippen LogP contribution in [-0.4, -0.2) is 0 Å². The van der Waals surface area contributed by atoms with Gasteiger partial charge in [-0.05, 0) is 36.1 Å². The van der Waals surface area contributed by atoms with Gasteiger partial charge in [0.15, 0.2) is 0 Å². The summed E-state index contributed by atoms with van der Waals surface area (Å²) in [5.74, 6) is 0.156. The second-order valence-electron chi connectivity index (χ2n) is 3.82. The highest BCUT2D eigenvalue weighted by Gasteiger charge is 2.09. The number of rotatable bonds is 4. The van der Waals surface area contributed by atoms with Crippen LogP contribution in [0.25, 0.3) is 0 Å². The zero-order valence-electron chi connectivity index (χ0n) is 8.89. The smallest absolute Gasteiger partial charge is 0.123 e. The molecule has 0 aliphatic carbocycles. The molecule has 0 bridgehead atoms. The van der Waals surface area contributed by atoms with Crippen LogP contribution in [0, 0.1) is 5.82 Å². The Morgan fingerprint density at radius 3 is 2.79 bits per heavy atom. The Morgan fingerprint density at radius 1 is 1.43 bits per heavy atom. The van der Waals surface area contributed by atoms with E-state index >= 15 is 0 Å². The van der Waals surface area contributed by atoms with Crippen LogP contribution < -0.4 is 5.73 Å². The lowest BCUT2D eigenvalue weighted by Crippen LogP contribution is -2.00. The van der Waals surface area contributed by atoms with Crippen LogP contribution in [0.5, 0.6) is 0 Å². The number of anilines is 1. The molecule has 2 heteroatoms. The lowest BCUT2D eigenvalue weighted by Gasteiger charge is -2.13. The molecule has 0 aliphatic rings. The number of hydrogen-bond donors (Lipinski definition) is 1. The third kappa shape index (κ3) is 2.72. The number of nitrogen functional groups attached to an aromatic ring is 1.